The van der Waals surface area contributed by atoms with Crippen molar-refractivity contribution in [1.82, 2.24) is 15.1 Å². The molecule has 2 atom stereocenters. The highest BCUT2D eigenvalue weighted by Crippen LogP contribution is 2.17. The van der Waals surface area contributed by atoms with Gasteiger partial charge in [0, 0.05) is 43.7 Å². The second-order valence-corrected chi connectivity index (χ2v) is 6.75. The Morgan fingerprint density at radius 2 is 2.05 bits per heavy atom. The molecule has 2 rings (SSSR count). The summed E-state index contributed by atoms with van der Waals surface area (Å²) in [5.41, 5.74) is 0. The molecule has 1 N–H and O–H groups in total. The predicted octanol–water partition coefficient (Wildman–Crippen LogP) is 0.551. The number of amides is 2. The quantitative estimate of drug-likeness (QED) is 0.726. The van der Waals surface area contributed by atoms with Crippen LogP contribution in [0.25, 0.3) is 0 Å². The first-order valence-corrected chi connectivity index (χ1v) is 8.68. The maximum Gasteiger partial charge on any atom is 0.247 e. The Labute approximate surface area is 125 Å². The first kappa shape index (κ1) is 15.8. The molecule has 2 saturated heterocycles. The van der Waals surface area contributed by atoms with Gasteiger partial charge in [-0.2, -0.15) is 11.8 Å². The van der Waals surface area contributed by atoms with Crippen LogP contribution in [0.5, 0.6) is 0 Å². The molecule has 2 unspecified atom stereocenters. The van der Waals surface area contributed by atoms with Gasteiger partial charge in [-0.3, -0.25) is 14.5 Å². The summed E-state index contributed by atoms with van der Waals surface area (Å²) < 4.78 is 0. The fourth-order valence-corrected chi connectivity index (χ4v) is 3.66. The van der Waals surface area contributed by atoms with E-state index in [4.69, 9.17) is 0 Å². The zero-order valence-electron chi connectivity index (χ0n) is 12.4. The molecule has 2 aliphatic rings. The lowest BCUT2D eigenvalue weighted by atomic mass is 10.2. The van der Waals surface area contributed by atoms with Crippen LogP contribution in [0.4, 0.5) is 0 Å². The Morgan fingerprint density at radius 3 is 2.70 bits per heavy atom. The van der Waals surface area contributed by atoms with Gasteiger partial charge in [0.25, 0.3) is 0 Å². The number of hydrogen-bond acceptors (Lipinski definition) is 5. The van der Waals surface area contributed by atoms with Crippen LogP contribution in [0.2, 0.25) is 0 Å². The monoisotopic (exact) mass is 299 g/mol. The first-order valence-electron chi connectivity index (χ1n) is 7.53. The van der Waals surface area contributed by atoms with Crippen molar-refractivity contribution >= 4 is 23.6 Å². The van der Waals surface area contributed by atoms with Crippen LogP contribution in [0.1, 0.15) is 26.7 Å². The maximum absolute atomic E-state index is 12.2. The molecular formula is C14H25N3O2S. The highest BCUT2D eigenvalue weighted by atomic mass is 32.2. The van der Waals surface area contributed by atoms with Gasteiger partial charge in [-0.1, -0.05) is 6.92 Å². The first-order chi connectivity index (χ1) is 9.63. The Morgan fingerprint density at radius 1 is 1.35 bits per heavy atom. The number of likely N-dealkylation sites (tertiary alicyclic amines) is 1. The zero-order chi connectivity index (χ0) is 14.5. The second-order valence-electron chi connectivity index (χ2n) is 5.52. The van der Waals surface area contributed by atoms with Crippen molar-refractivity contribution in [1.29, 1.82) is 0 Å². The van der Waals surface area contributed by atoms with E-state index >= 15 is 0 Å². The number of nitrogens with zero attached hydrogens (tertiary/aromatic N) is 2. The molecule has 2 aliphatic heterocycles. The molecule has 0 radical (unpaired) electrons. The molecule has 0 aromatic rings. The minimum Gasteiger partial charge on any atom is -0.304 e. The summed E-state index contributed by atoms with van der Waals surface area (Å²) in [7, 11) is 0. The fourth-order valence-electron chi connectivity index (χ4n) is 2.68. The highest BCUT2D eigenvalue weighted by molar-refractivity contribution is 7.99. The SMILES string of the molecule is CCC(C)N1C(=O)CC(NCCN2CCSCC2)C1=O. The van der Waals surface area contributed by atoms with Crippen LogP contribution in [0.15, 0.2) is 0 Å². The van der Waals surface area contributed by atoms with E-state index in [1.165, 1.54) is 16.4 Å². The minimum absolute atomic E-state index is 0.0147. The van der Waals surface area contributed by atoms with Gasteiger partial charge in [-0.25, -0.2) is 0 Å². The molecule has 114 valence electrons. The van der Waals surface area contributed by atoms with E-state index in [1.54, 1.807) is 0 Å². The van der Waals surface area contributed by atoms with Crippen molar-refractivity contribution in [3.05, 3.63) is 0 Å². The Kier molecular flexibility index (Phi) is 5.86. The molecule has 20 heavy (non-hydrogen) atoms. The van der Waals surface area contributed by atoms with E-state index < -0.39 is 0 Å². The maximum atomic E-state index is 12.2. The number of nitrogens with one attached hydrogen (secondary N) is 1. The third-order valence-corrected chi connectivity index (χ3v) is 5.08. The number of carbonyl (C=O) groups is 2. The van der Waals surface area contributed by atoms with Crippen LogP contribution < -0.4 is 5.32 Å². The van der Waals surface area contributed by atoms with Crippen LogP contribution >= 0.6 is 11.8 Å². The molecule has 0 saturated carbocycles. The number of thioether (sulfide) groups is 1. The third kappa shape index (κ3) is 3.74. The molecule has 2 fully saturated rings. The lowest BCUT2D eigenvalue weighted by Crippen LogP contribution is -2.45. The van der Waals surface area contributed by atoms with Gasteiger partial charge in [-0.05, 0) is 13.3 Å². The van der Waals surface area contributed by atoms with E-state index in [9.17, 15) is 9.59 Å². The summed E-state index contributed by atoms with van der Waals surface area (Å²) in [6.45, 7) is 7.93. The zero-order valence-corrected chi connectivity index (χ0v) is 13.2. The summed E-state index contributed by atoms with van der Waals surface area (Å²) in [6.07, 6.45) is 1.13. The summed E-state index contributed by atoms with van der Waals surface area (Å²) in [4.78, 5) is 28.0. The van der Waals surface area contributed by atoms with Crippen molar-refractivity contribution in [3.8, 4) is 0 Å². The smallest absolute Gasteiger partial charge is 0.247 e. The average molecular weight is 299 g/mol. The van der Waals surface area contributed by atoms with Crippen molar-refractivity contribution in [3.63, 3.8) is 0 Å². The van der Waals surface area contributed by atoms with Crippen LogP contribution in [-0.4, -0.2) is 71.4 Å². The molecule has 0 aliphatic carbocycles. The summed E-state index contributed by atoms with van der Waals surface area (Å²) in [6, 6.07) is -0.295. The normalized spacial score (nSPS) is 26.3. The third-order valence-electron chi connectivity index (χ3n) is 4.14. The molecule has 2 amide bonds. The van der Waals surface area contributed by atoms with E-state index in [-0.39, 0.29) is 23.9 Å². The van der Waals surface area contributed by atoms with Crippen molar-refractivity contribution in [2.45, 2.75) is 38.8 Å². The van der Waals surface area contributed by atoms with Crippen LogP contribution in [0, 0.1) is 0 Å². The lowest BCUT2D eigenvalue weighted by molar-refractivity contribution is -0.141. The topological polar surface area (TPSA) is 52.7 Å². The van der Waals surface area contributed by atoms with Gasteiger partial charge in [0.05, 0.1) is 12.5 Å². The van der Waals surface area contributed by atoms with Gasteiger partial charge >= 0.3 is 0 Å². The van der Waals surface area contributed by atoms with Crippen molar-refractivity contribution in [2.24, 2.45) is 0 Å². The van der Waals surface area contributed by atoms with Gasteiger partial charge in [0.2, 0.25) is 11.8 Å². The number of hydrogen-bond donors (Lipinski definition) is 1. The molecule has 0 aromatic heterocycles. The van der Waals surface area contributed by atoms with Crippen LogP contribution in [0.3, 0.4) is 0 Å². The number of rotatable bonds is 6. The molecule has 2 heterocycles. The molecule has 6 heteroatoms. The van der Waals surface area contributed by atoms with E-state index in [0.717, 1.165) is 32.6 Å². The fraction of sp³-hybridized carbons (Fsp3) is 0.857. The van der Waals surface area contributed by atoms with Gasteiger partial charge in [0.1, 0.15) is 0 Å². The largest absolute Gasteiger partial charge is 0.304 e. The van der Waals surface area contributed by atoms with E-state index in [2.05, 4.69) is 10.2 Å². The minimum atomic E-state index is -0.310. The molecule has 5 nitrogen and oxygen atoms in total. The summed E-state index contributed by atoms with van der Waals surface area (Å²) in [5.74, 6) is 2.32. The van der Waals surface area contributed by atoms with Gasteiger partial charge < -0.3 is 10.2 Å². The highest BCUT2D eigenvalue weighted by Gasteiger charge is 2.40. The molecule has 0 bridgehead atoms. The van der Waals surface area contributed by atoms with Crippen LogP contribution in [-0.2, 0) is 9.59 Å². The van der Waals surface area contributed by atoms with Gasteiger partial charge in [0.15, 0.2) is 0 Å². The summed E-state index contributed by atoms with van der Waals surface area (Å²) in [5, 5.41) is 3.26. The molecule has 0 spiro atoms. The Balaban J connectivity index is 1.76. The molecular weight excluding hydrogens is 274 g/mol. The number of carbonyl (C=O) groups excluding carboxylic acids is 2. The second kappa shape index (κ2) is 7.43. The standard InChI is InChI=1S/C14H25N3O2S/c1-3-11(2)17-13(18)10-12(14(17)19)15-4-5-16-6-8-20-9-7-16/h11-12,15H,3-10H2,1-2H3. The Hall–Kier alpha value is -0.590. The Bertz CT molecular complexity index is 358. The van der Waals surface area contributed by atoms with E-state index in [1.807, 2.05) is 25.6 Å². The lowest BCUT2D eigenvalue weighted by Gasteiger charge is -2.26. The van der Waals surface area contributed by atoms with Crippen molar-refractivity contribution in [2.75, 3.05) is 37.7 Å². The predicted molar refractivity (Wildman–Crippen MR) is 81.8 cm³/mol. The van der Waals surface area contributed by atoms with E-state index in [0.29, 0.717) is 6.42 Å². The molecule has 0 aromatic carbocycles. The van der Waals surface area contributed by atoms with Crippen molar-refractivity contribution < 1.29 is 9.59 Å². The van der Waals surface area contributed by atoms with Gasteiger partial charge in [-0.15, -0.1) is 0 Å². The average Bonchev–Trinajstić information content (AvgIpc) is 2.74. The number of imide groups is 1. The summed E-state index contributed by atoms with van der Waals surface area (Å²) >= 11 is 2.00.